The van der Waals surface area contributed by atoms with Gasteiger partial charge in [-0.3, -0.25) is 10.1 Å². The second-order valence-corrected chi connectivity index (χ2v) is 5.53. The lowest BCUT2D eigenvalue weighted by Crippen LogP contribution is -2.30. The van der Waals surface area contributed by atoms with Gasteiger partial charge in [-0.2, -0.15) is 0 Å². The summed E-state index contributed by atoms with van der Waals surface area (Å²) in [5.41, 5.74) is 0.956. The molecule has 94 valence electrons. The van der Waals surface area contributed by atoms with Crippen molar-refractivity contribution < 1.29 is 4.92 Å². The van der Waals surface area contributed by atoms with E-state index >= 15 is 0 Å². The van der Waals surface area contributed by atoms with Gasteiger partial charge in [-0.25, -0.2) is 0 Å². The second kappa shape index (κ2) is 5.49. The Morgan fingerprint density at radius 3 is 2.59 bits per heavy atom. The topological polar surface area (TPSA) is 55.2 Å². The first-order valence-electron chi connectivity index (χ1n) is 5.58. The van der Waals surface area contributed by atoms with Crippen molar-refractivity contribution in [3.05, 3.63) is 32.8 Å². The zero-order valence-corrected chi connectivity index (χ0v) is 11.9. The monoisotopic (exact) mass is 300 g/mol. The third kappa shape index (κ3) is 4.00. The Morgan fingerprint density at radius 1 is 1.47 bits per heavy atom. The molecule has 0 aliphatic carbocycles. The molecule has 0 saturated carbocycles. The predicted molar refractivity (Wildman–Crippen MR) is 73.4 cm³/mol. The summed E-state index contributed by atoms with van der Waals surface area (Å²) in [5.74, 6) is 0. The summed E-state index contributed by atoms with van der Waals surface area (Å²) in [6, 6.07) is 4.76. The second-order valence-electron chi connectivity index (χ2n) is 4.68. The first-order chi connectivity index (χ1) is 7.85. The van der Waals surface area contributed by atoms with E-state index in [1.807, 2.05) is 0 Å². The van der Waals surface area contributed by atoms with Gasteiger partial charge in [0.05, 0.1) is 4.92 Å². The van der Waals surface area contributed by atoms with Crippen molar-refractivity contribution in [3.8, 4) is 0 Å². The fourth-order valence-corrected chi connectivity index (χ4v) is 2.24. The van der Waals surface area contributed by atoms with Crippen molar-refractivity contribution in [1.29, 1.82) is 0 Å². The molecule has 1 rings (SSSR count). The van der Waals surface area contributed by atoms with Gasteiger partial charge in [0, 0.05) is 27.8 Å². The van der Waals surface area contributed by atoms with Crippen molar-refractivity contribution in [3.63, 3.8) is 0 Å². The molecule has 0 aromatic heterocycles. The highest BCUT2D eigenvalue weighted by Crippen LogP contribution is 2.30. The summed E-state index contributed by atoms with van der Waals surface area (Å²) in [6.45, 7) is 6.36. The van der Waals surface area contributed by atoms with Gasteiger partial charge in [0.2, 0.25) is 0 Å². The van der Waals surface area contributed by atoms with Gasteiger partial charge >= 0.3 is 0 Å². The van der Waals surface area contributed by atoms with Crippen LogP contribution < -0.4 is 5.32 Å². The summed E-state index contributed by atoms with van der Waals surface area (Å²) in [6.07, 6.45) is 2.13. The number of hydrogen-bond acceptors (Lipinski definition) is 3. The highest BCUT2D eigenvalue weighted by atomic mass is 79.9. The quantitative estimate of drug-likeness (QED) is 0.650. The van der Waals surface area contributed by atoms with Crippen molar-refractivity contribution in [1.82, 2.24) is 0 Å². The zero-order valence-electron chi connectivity index (χ0n) is 10.3. The van der Waals surface area contributed by atoms with Crippen molar-refractivity contribution in [2.24, 2.45) is 0 Å². The molecule has 0 unspecified atom stereocenters. The van der Waals surface area contributed by atoms with E-state index in [2.05, 4.69) is 42.0 Å². The van der Waals surface area contributed by atoms with Crippen LogP contribution in [-0.4, -0.2) is 10.5 Å². The molecule has 0 amide bonds. The van der Waals surface area contributed by atoms with Gasteiger partial charge in [-0.1, -0.05) is 13.3 Å². The third-order valence-corrected chi connectivity index (χ3v) is 3.17. The van der Waals surface area contributed by atoms with Crippen LogP contribution in [-0.2, 0) is 0 Å². The van der Waals surface area contributed by atoms with E-state index < -0.39 is 4.92 Å². The number of halogens is 1. The van der Waals surface area contributed by atoms with Crippen LogP contribution in [0.2, 0.25) is 0 Å². The summed E-state index contributed by atoms with van der Waals surface area (Å²) in [4.78, 5) is 10.2. The molecule has 0 atom stereocenters. The smallest absolute Gasteiger partial charge is 0.270 e. The molecule has 0 radical (unpaired) electrons. The van der Waals surface area contributed by atoms with Crippen LogP contribution in [0.5, 0.6) is 0 Å². The van der Waals surface area contributed by atoms with Gasteiger partial charge < -0.3 is 5.32 Å². The lowest BCUT2D eigenvalue weighted by molar-refractivity contribution is -0.384. The zero-order chi connectivity index (χ0) is 13.1. The first kappa shape index (κ1) is 14.0. The Balaban J connectivity index is 2.90. The van der Waals surface area contributed by atoms with Crippen molar-refractivity contribution in [2.75, 3.05) is 5.32 Å². The van der Waals surface area contributed by atoms with E-state index in [0.29, 0.717) is 0 Å². The van der Waals surface area contributed by atoms with Gasteiger partial charge in [0.25, 0.3) is 5.69 Å². The van der Waals surface area contributed by atoms with Crippen LogP contribution >= 0.6 is 15.9 Å². The number of nitro benzene ring substituents is 1. The van der Waals surface area contributed by atoms with Gasteiger partial charge in [-0.15, -0.1) is 0 Å². The summed E-state index contributed by atoms with van der Waals surface area (Å²) in [7, 11) is 0. The Hall–Kier alpha value is -1.10. The molecule has 0 bridgehead atoms. The van der Waals surface area contributed by atoms with Gasteiger partial charge in [-0.05, 0) is 42.3 Å². The molecule has 0 heterocycles. The minimum atomic E-state index is -0.397. The number of rotatable bonds is 5. The van der Waals surface area contributed by atoms with Crippen LogP contribution in [0.3, 0.4) is 0 Å². The van der Waals surface area contributed by atoms with Crippen LogP contribution in [0, 0.1) is 10.1 Å². The average molecular weight is 301 g/mol. The average Bonchev–Trinajstić information content (AvgIpc) is 2.20. The first-order valence-corrected chi connectivity index (χ1v) is 6.37. The number of anilines is 1. The van der Waals surface area contributed by atoms with Crippen LogP contribution in [0.1, 0.15) is 33.6 Å². The molecule has 5 heteroatoms. The lowest BCUT2D eigenvalue weighted by Gasteiger charge is -2.27. The maximum absolute atomic E-state index is 10.6. The Kier molecular flexibility index (Phi) is 4.51. The van der Waals surface area contributed by atoms with E-state index in [1.54, 1.807) is 6.07 Å². The summed E-state index contributed by atoms with van der Waals surface area (Å²) in [5, 5.41) is 14.0. The molecule has 0 spiro atoms. The van der Waals surface area contributed by atoms with Gasteiger partial charge in [0.15, 0.2) is 0 Å². The predicted octanol–water partition coefficient (Wildman–Crippen LogP) is 4.35. The molecule has 0 aliphatic rings. The Labute approximate surface area is 110 Å². The Morgan fingerprint density at radius 2 is 2.12 bits per heavy atom. The minimum Gasteiger partial charge on any atom is -0.379 e. The number of nitrogens with one attached hydrogen (secondary N) is 1. The van der Waals surface area contributed by atoms with E-state index in [9.17, 15) is 10.1 Å². The number of benzene rings is 1. The number of hydrogen-bond donors (Lipinski definition) is 1. The molecule has 1 aromatic carbocycles. The molecular weight excluding hydrogens is 284 g/mol. The Bertz CT molecular complexity index is 419. The van der Waals surface area contributed by atoms with E-state index in [0.717, 1.165) is 23.0 Å². The van der Waals surface area contributed by atoms with E-state index in [4.69, 9.17) is 0 Å². The van der Waals surface area contributed by atoms with Crippen molar-refractivity contribution in [2.45, 2.75) is 39.2 Å². The van der Waals surface area contributed by atoms with E-state index in [1.165, 1.54) is 12.1 Å². The lowest BCUT2D eigenvalue weighted by atomic mass is 9.98. The fraction of sp³-hybridized carbons (Fsp3) is 0.500. The maximum atomic E-state index is 10.6. The summed E-state index contributed by atoms with van der Waals surface area (Å²) < 4.78 is 0.718. The number of non-ortho nitro benzene ring substituents is 1. The van der Waals surface area contributed by atoms with E-state index in [-0.39, 0.29) is 11.2 Å². The fourth-order valence-electron chi connectivity index (χ4n) is 1.77. The van der Waals surface area contributed by atoms with Crippen LogP contribution in [0.25, 0.3) is 0 Å². The molecule has 4 nitrogen and oxygen atoms in total. The molecule has 0 fully saturated rings. The number of nitro groups is 1. The molecule has 1 aromatic rings. The van der Waals surface area contributed by atoms with Crippen LogP contribution in [0.4, 0.5) is 11.4 Å². The molecule has 17 heavy (non-hydrogen) atoms. The molecule has 0 saturated heterocycles. The largest absolute Gasteiger partial charge is 0.379 e. The highest BCUT2D eigenvalue weighted by Gasteiger charge is 2.18. The molecule has 0 aliphatic heterocycles. The van der Waals surface area contributed by atoms with Gasteiger partial charge in [0.1, 0.15) is 0 Å². The summed E-state index contributed by atoms with van der Waals surface area (Å²) >= 11 is 3.35. The standard InChI is InChI=1S/C12H17BrN2O2/c1-4-7-12(2,3)14-11-6-5-9(15(16)17)8-10(11)13/h5-6,8,14H,4,7H2,1-3H3. The van der Waals surface area contributed by atoms with Crippen molar-refractivity contribution >= 4 is 27.3 Å². The maximum Gasteiger partial charge on any atom is 0.270 e. The highest BCUT2D eigenvalue weighted by molar-refractivity contribution is 9.10. The minimum absolute atomic E-state index is 0.0204. The normalized spacial score (nSPS) is 11.3. The SMILES string of the molecule is CCCC(C)(C)Nc1ccc([N+](=O)[O-])cc1Br. The van der Waals surface area contributed by atoms with Crippen LogP contribution in [0.15, 0.2) is 22.7 Å². The molecule has 1 N–H and O–H groups in total. The third-order valence-electron chi connectivity index (χ3n) is 2.51. The number of nitrogens with zero attached hydrogens (tertiary/aromatic N) is 1. The molecular formula is C12H17BrN2O2.